The van der Waals surface area contributed by atoms with Crippen LogP contribution < -0.4 is 5.73 Å². The zero-order valence-electron chi connectivity index (χ0n) is 9.41. The van der Waals surface area contributed by atoms with Gasteiger partial charge < -0.3 is 5.73 Å². The molecular formula is C11H11F3N4. The molecule has 1 heterocycles. The Hall–Kier alpha value is -1.89. The molecule has 2 aromatic rings. The van der Waals surface area contributed by atoms with E-state index in [0.717, 1.165) is 18.6 Å². The van der Waals surface area contributed by atoms with Crippen molar-refractivity contribution in [2.45, 2.75) is 12.8 Å². The normalized spacial score (nSPS) is 10.9. The summed E-state index contributed by atoms with van der Waals surface area (Å²) in [5.41, 5.74) is 6.09. The van der Waals surface area contributed by atoms with Crippen molar-refractivity contribution < 1.29 is 13.2 Å². The number of nitrogens with two attached hydrogens (primary N) is 1. The molecule has 0 radical (unpaired) electrons. The first-order valence-corrected chi connectivity index (χ1v) is 5.38. The van der Waals surface area contributed by atoms with E-state index >= 15 is 0 Å². The summed E-state index contributed by atoms with van der Waals surface area (Å²) in [5.74, 6) is -4.02. The highest BCUT2D eigenvalue weighted by Crippen LogP contribution is 2.16. The molecule has 0 aliphatic heterocycles. The highest BCUT2D eigenvalue weighted by Gasteiger charge is 2.12. The van der Waals surface area contributed by atoms with E-state index in [2.05, 4.69) is 10.3 Å². The van der Waals surface area contributed by atoms with Crippen LogP contribution in [0, 0.1) is 17.5 Å². The number of halogens is 3. The van der Waals surface area contributed by atoms with Crippen LogP contribution in [0.25, 0.3) is 5.69 Å². The molecule has 4 nitrogen and oxygen atoms in total. The first kappa shape index (κ1) is 12.6. The molecule has 0 spiro atoms. The maximum atomic E-state index is 13.0. The van der Waals surface area contributed by atoms with Crippen LogP contribution in [0.2, 0.25) is 0 Å². The van der Waals surface area contributed by atoms with Crippen molar-refractivity contribution in [1.82, 2.24) is 15.0 Å². The molecule has 0 saturated carbocycles. The SMILES string of the molecule is NCCCc1cn(-c2cc(F)c(F)c(F)c2)nn1. The Labute approximate surface area is 101 Å². The van der Waals surface area contributed by atoms with E-state index in [1.807, 2.05) is 0 Å². The molecule has 96 valence electrons. The number of aryl methyl sites for hydroxylation is 1. The van der Waals surface area contributed by atoms with E-state index in [0.29, 0.717) is 18.7 Å². The van der Waals surface area contributed by atoms with Gasteiger partial charge in [-0.1, -0.05) is 5.21 Å². The molecule has 2 rings (SSSR count). The second kappa shape index (κ2) is 5.18. The minimum Gasteiger partial charge on any atom is -0.330 e. The zero-order valence-corrected chi connectivity index (χ0v) is 9.41. The smallest absolute Gasteiger partial charge is 0.194 e. The van der Waals surface area contributed by atoms with Gasteiger partial charge in [-0.15, -0.1) is 5.10 Å². The lowest BCUT2D eigenvalue weighted by Crippen LogP contribution is -2.00. The predicted molar refractivity (Wildman–Crippen MR) is 58.6 cm³/mol. The summed E-state index contributed by atoms with van der Waals surface area (Å²) in [6.07, 6.45) is 2.90. The van der Waals surface area contributed by atoms with Gasteiger partial charge in [-0.25, -0.2) is 17.9 Å². The summed E-state index contributed by atoms with van der Waals surface area (Å²) in [5, 5.41) is 7.55. The summed E-state index contributed by atoms with van der Waals surface area (Å²) in [6, 6.07) is 1.72. The standard InChI is InChI=1S/C11H11F3N4/c12-9-4-8(5-10(13)11(9)14)18-6-7(16-17-18)2-1-3-15/h4-6H,1-3,15H2. The molecule has 0 aliphatic carbocycles. The molecule has 0 amide bonds. The number of hydrogen-bond acceptors (Lipinski definition) is 3. The minimum absolute atomic E-state index is 0.0814. The van der Waals surface area contributed by atoms with Crippen molar-refractivity contribution in [3.05, 3.63) is 41.5 Å². The van der Waals surface area contributed by atoms with Gasteiger partial charge in [0.2, 0.25) is 0 Å². The van der Waals surface area contributed by atoms with Crippen LogP contribution >= 0.6 is 0 Å². The average molecular weight is 256 g/mol. The van der Waals surface area contributed by atoms with Gasteiger partial charge in [-0.3, -0.25) is 0 Å². The average Bonchev–Trinajstić information content (AvgIpc) is 2.81. The zero-order chi connectivity index (χ0) is 13.1. The molecule has 0 unspecified atom stereocenters. The van der Waals surface area contributed by atoms with Crippen LogP contribution in [0.5, 0.6) is 0 Å². The van der Waals surface area contributed by atoms with Gasteiger partial charge in [0.15, 0.2) is 17.5 Å². The maximum absolute atomic E-state index is 13.0. The topological polar surface area (TPSA) is 56.7 Å². The largest absolute Gasteiger partial charge is 0.330 e. The van der Waals surface area contributed by atoms with E-state index in [-0.39, 0.29) is 5.69 Å². The molecule has 0 atom stereocenters. The number of hydrogen-bond donors (Lipinski definition) is 1. The van der Waals surface area contributed by atoms with E-state index in [1.54, 1.807) is 0 Å². The van der Waals surface area contributed by atoms with Crippen molar-refractivity contribution in [3.63, 3.8) is 0 Å². The third-order valence-electron chi connectivity index (χ3n) is 2.41. The van der Waals surface area contributed by atoms with Gasteiger partial charge in [0.25, 0.3) is 0 Å². The van der Waals surface area contributed by atoms with Crippen molar-refractivity contribution in [3.8, 4) is 5.69 Å². The number of benzene rings is 1. The van der Waals surface area contributed by atoms with Gasteiger partial charge in [-0.05, 0) is 19.4 Å². The Morgan fingerprint density at radius 1 is 1.17 bits per heavy atom. The van der Waals surface area contributed by atoms with Crippen LogP contribution in [0.15, 0.2) is 18.3 Å². The molecule has 7 heteroatoms. The van der Waals surface area contributed by atoms with E-state index in [4.69, 9.17) is 5.73 Å². The van der Waals surface area contributed by atoms with Gasteiger partial charge >= 0.3 is 0 Å². The van der Waals surface area contributed by atoms with Crippen molar-refractivity contribution in [2.24, 2.45) is 5.73 Å². The molecule has 1 aromatic carbocycles. The fraction of sp³-hybridized carbons (Fsp3) is 0.273. The maximum Gasteiger partial charge on any atom is 0.194 e. The highest BCUT2D eigenvalue weighted by atomic mass is 19.2. The Morgan fingerprint density at radius 3 is 2.44 bits per heavy atom. The van der Waals surface area contributed by atoms with Crippen molar-refractivity contribution in [1.29, 1.82) is 0 Å². The number of nitrogens with zero attached hydrogens (tertiary/aromatic N) is 3. The van der Waals surface area contributed by atoms with Crippen LogP contribution in [0.1, 0.15) is 12.1 Å². The van der Waals surface area contributed by atoms with Crippen LogP contribution in [-0.2, 0) is 6.42 Å². The van der Waals surface area contributed by atoms with Crippen LogP contribution in [-0.4, -0.2) is 21.5 Å². The monoisotopic (exact) mass is 256 g/mol. The Kier molecular flexibility index (Phi) is 3.61. The Bertz CT molecular complexity index is 530. The van der Waals surface area contributed by atoms with Gasteiger partial charge in [-0.2, -0.15) is 0 Å². The second-order valence-corrected chi connectivity index (χ2v) is 3.77. The first-order chi connectivity index (χ1) is 8.61. The Balaban J connectivity index is 2.28. The fourth-order valence-electron chi connectivity index (χ4n) is 1.50. The molecule has 2 N–H and O–H groups in total. The van der Waals surface area contributed by atoms with Crippen LogP contribution in [0.3, 0.4) is 0 Å². The lowest BCUT2D eigenvalue weighted by Gasteiger charge is -2.01. The first-order valence-electron chi connectivity index (χ1n) is 5.38. The summed E-state index contributed by atoms with van der Waals surface area (Å²) in [6.45, 7) is 0.521. The molecule has 0 fully saturated rings. The van der Waals surface area contributed by atoms with Gasteiger partial charge in [0, 0.05) is 12.1 Å². The lowest BCUT2D eigenvalue weighted by atomic mass is 10.2. The molecule has 0 aliphatic rings. The molecule has 1 aromatic heterocycles. The third kappa shape index (κ3) is 2.51. The van der Waals surface area contributed by atoms with Crippen LogP contribution in [0.4, 0.5) is 13.2 Å². The van der Waals surface area contributed by atoms with Crippen molar-refractivity contribution in [2.75, 3.05) is 6.54 Å². The third-order valence-corrected chi connectivity index (χ3v) is 2.41. The second-order valence-electron chi connectivity index (χ2n) is 3.77. The summed E-state index contributed by atoms with van der Waals surface area (Å²) >= 11 is 0. The van der Waals surface area contributed by atoms with E-state index in [9.17, 15) is 13.2 Å². The van der Waals surface area contributed by atoms with Gasteiger partial charge in [0.05, 0.1) is 17.6 Å². The van der Waals surface area contributed by atoms with Crippen molar-refractivity contribution >= 4 is 0 Å². The summed E-state index contributed by atoms with van der Waals surface area (Å²) in [7, 11) is 0. The molecule has 18 heavy (non-hydrogen) atoms. The Morgan fingerprint density at radius 2 is 1.83 bits per heavy atom. The predicted octanol–water partition coefficient (Wildman–Crippen LogP) is 1.58. The number of aromatic nitrogens is 3. The quantitative estimate of drug-likeness (QED) is 0.845. The molecule has 0 bridgehead atoms. The summed E-state index contributed by atoms with van der Waals surface area (Å²) < 4.78 is 40.1. The lowest BCUT2D eigenvalue weighted by molar-refractivity contribution is 0.446. The fourth-order valence-corrected chi connectivity index (χ4v) is 1.50. The van der Waals surface area contributed by atoms with E-state index < -0.39 is 17.5 Å². The highest BCUT2D eigenvalue weighted by molar-refractivity contribution is 5.32. The number of rotatable bonds is 4. The minimum atomic E-state index is -1.50. The summed E-state index contributed by atoms with van der Waals surface area (Å²) in [4.78, 5) is 0. The molecular weight excluding hydrogens is 245 g/mol. The van der Waals surface area contributed by atoms with Gasteiger partial charge in [0.1, 0.15) is 0 Å². The van der Waals surface area contributed by atoms with E-state index in [1.165, 1.54) is 10.9 Å². The molecule has 0 saturated heterocycles.